The summed E-state index contributed by atoms with van der Waals surface area (Å²) >= 11 is 0. The number of ether oxygens (including phenoxy) is 1. The van der Waals surface area contributed by atoms with Gasteiger partial charge in [-0.15, -0.1) is 0 Å². The van der Waals surface area contributed by atoms with Crippen molar-refractivity contribution < 1.29 is 24.2 Å². The minimum atomic E-state index is -0.976. The Hall–Kier alpha value is -3.19. The molecule has 28 heavy (non-hydrogen) atoms. The molecule has 0 spiro atoms. The Labute approximate surface area is 162 Å². The monoisotopic (exact) mass is 382 g/mol. The molecule has 2 amide bonds. The Morgan fingerprint density at radius 1 is 1.00 bits per heavy atom. The third kappa shape index (κ3) is 5.17. The van der Waals surface area contributed by atoms with Crippen molar-refractivity contribution >= 4 is 23.5 Å². The van der Waals surface area contributed by atoms with Gasteiger partial charge >= 0.3 is 5.97 Å². The number of hydrogen-bond acceptors (Lipinski definition) is 4. The summed E-state index contributed by atoms with van der Waals surface area (Å²) < 4.78 is 5.26. The number of hydrogen-bond donors (Lipinski definition) is 2. The summed E-state index contributed by atoms with van der Waals surface area (Å²) in [5, 5.41) is 11.7. The average Bonchev–Trinajstić information content (AvgIpc) is 2.73. The molecule has 1 aliphatic rings. The predicted octanol–water partition coefficient (Wildman–Crippen LogP) is 2.43. The summed E-state index contributed by atoms with van der Waals surface area (Å²) in [7, 11) is 0. The normalized spacial score (nSPS) is 13.8. The van der Waals surface area contributed by atoms with E-state index in [4.69, 9.17) is 9.84 Å². The molecule has 2 N–H and O–H groups in total. The highest BCUT2D eigenvalue weighted by Gasteiger charge is 2.18. The van der Waals surface area contributed by atoms with Crippen LogP contribution in [0.5, 0.6) is 0 Å². The third-order valence-corrected chi connectivity index (χ3v) is 4.53. The van der Waals surface area contributed by atoms with E-state index in [1.165, 1.54) is 12.1 Å². The Morgan fingerprint density at radius 2 is 1.71 bits per heavy atom. The molecule has 0 saturated carbocycles. The number of morpholine rings is 1. The quantitative estimate of drug-likeness (QED) is 0.800. The van der Waals surface area contributed by atoms with Gasteiger partial charge in [-0.25, -0.2) is 4.79 Å². The second-order valence-corrected chi connectivity index (χ2v) is 6.54. The van der Waals surface area contributed by atoms with E-state index in [9.17, 15) is 14.4 Å². The summed E-state index contributed by atoms with van der Waals surface area (Å²) in [6.45, 7) is 2.21. The van der Waals surface area contributed by atoms with Gasteiger partial charge in [-0.1, -0.05) is 18.2 Å². The van der Waals surface area contributed by atoms with Crippen molar-refractivity contribution in [2.24, 2.45) is 0 Å². The Morgan fingerprint density at radius 3 is 2.39 bits per heavy atom. The highest BCUT2D eigenvalue weighted by Crippen LogP contribution is 2.15. The van der Waals surface area contributed by atoms with E-state index in [0.717, 1.165) is 5.56 Å². The van der Waals surface area contributed by atoms with Gasteiger partial charge in [-0.3, -0.25) is 9.59 Å². The van der Waals surface area contributed by atoms with Crippen molar-refractivity contribution in [3.63, 3.8) is 0 Å². The number of anilines is 1. The van der Waals surface area contributed by atoms with Crippen molar-refractivity contribution in [2.75, 3.05) is 31.6 Å². The van der Waals surface area contributed by atoms with Crippen molar-refractivity contribution in [2.45, 2.75) is 12.8 Å². The number of benzene rings is 2. The number of carboxylic acids is 1. The molecule has 1 saturated heterocycles. The van der Waals surface area contributed by atoms with E-state index in [1.807, 2.05) is 0 Å². The maximum Gasteiger partial charge on any atom is 0.335 e. The van der Waals surface area contributed by atoms with Gasteiger partial charge in [0.1, 0.15) is 0 Å². The van der Waals surface area contributed by atoms with Gasteiger partial charge in [0.25, 0.3) is 5.91 Å². The number of aryl methyl sites for hydroxylation is 1. The highest BCUT2D eigenvalue weighted by atomic mass is 16.5. The first-order valence-corrected chi connectivity index (χ1v) is 9.12. The van der Waals surface area contributed by atoms with Crippen LogP contribution in [0, 0.1) is 0 Å². The van der Waals surface area contributed by atoms with Crippen LogP contribution in [0.15, 0.2) is 48.5 Å². The first-order chi connectivity index (χ1) is 13.5. The molecular weight excluding hydrogens is 360 g/mol. The molecule has 2 aromatic carbocycles. The highest BCUT2D eigenvalue weighted by molar-refractivity contribution is 5.97. The van der Waals surface area contributed by atoms with Crippen LogP contribution in [0.2, 0.25) is 0 Å². The molecule has 0 aliphatic carbocycles. The van der Waals surface area contributed by atoms with Gasteiger partial charge in [0, 0.05) is 30.8 Å². The van der Waals surface area contributed by atoms with Gasteiger partial charge < -0.3 is 20.1 Å². The lowest BCUT2D eigenvalue weighted by atomic mass is 10.1. The minimum absolute atomic E-state index is 0.0714. The van der Waals surface area contributed by atoms with Crippen molar-refractivity contribution in [3.05, 3.63) is 65.2 Å². The molecule has 1 aliphatic heterocycles. The average molecular weight is 382 g/mol. The summed E-state index contributed by atoms with van der Waals surface area (Å²) in [4.78, 5) is 37.4. The lowest BCUT2D eigenvalue weighted by molar-refractivity contribution is -0.116. The lowest BCUT2D eigenvalue weighted by Gasteiger charge is -2.27. The zero-order valence-electron chi connectivity index (χ0n) is 15.4. The van der Waals surface area contributed by atoms with E-state index in [0.29, 0.717) is 44.0 Å². The van der Waals surface area contributed by atoms with Crippen LogP contribution in [0.3, 0.4) is 0 Å². The Balaban J connectivity index is 1.55. The first kappa shape index (κ1) is 19.6. The van der Waals surface area contributed by atoms with Crippen LogP contribution in [0.1, 0.15) is 32.7 Å². The number of nitrogens with zero attached hydrogens (tertiary/aromatic N) is 1. The second kappa shape index (κ2) is 9.14. The lowest BCUT2D eigenvalue weighted by Crippen LogP contribution is -2.40. The topological polar surface area (TPSA) is 95.9 Å². The molecule has 0 radical (unpaired) electrons. The fourth-order valence-electron chi connectivity index (χ4n) is 2.97. The number of carbonyl (C=O) groups excluding carboxylic acids is 2. The Kier molecular flexibility index (Phi) is 6.39. The smallest absolute Gasteiger partial charge is 0.335 e. The van der Waals surface area contributed by atoms with Gasteiger partial charge in [-0.2, -0.15) is 0 Å². The largest absolute Gasteiger partial charge is 0.478 e. The van der Waals surface area contributed by atoms with E-state index in [1.54, 1.807) is 41.3 Å². The van der Waals surface area contributed by atoms with Crippen LogP contribution in [-0.4, -0.2) is 54.1 Å². The van der Waals surface area contributed by atoms with Gasteiger partial charge in [0.2, 0.25) is 5.91 Å². The molecule has 7 heteroatoms. The number of amides is 2. The van der Waals surface area contributed by atoms with Crippen molar-refractivity contribution in [1.29, 1.82) is 0 Å². The summed E-state index contributed by atoms with van der Waals surface area (Å²) in [6, 6.07) is 13.4. The second-order valence-electron chi connectivity index (χ2n) is 6.54. The summed E-state index contributed by atoms with van der Waals surface area (Å²) in [5.74, 6) is -1.22. The van der Waals surface area contributed by atoms with E-state index in [-0.39, 0.29) is 23.8 Å². The predicted molar refractivity (Wildman–Crippen MR) is 104 cm³/mol. The SMILES string of the molecule is O=C(CCc1ccc(C(=O)O)cc1)Nc1cccc(C(=O)N2CCOCC2)c1. The van der Waals surface area contributed by atoms with Gasteiger partial charge in [-0.05, 0) is 42.3 Å². The number of aromatic carboxylic acids is 1. The summed E-state index contributed by atoms with van der Waals surface area (Å²) in [5.41, 5.74) is 2.21. The molecule has 1 heterocycles. The van der Waals surface area contributed by atoms with Crippen LogP contribution in [0.4, 0.5) is 5.69 Å². The molecule has 7 nitrogen and oxygen atoms in total. The third-order valence-electron chi connectivity index (χ3n) is 4.53. The molecule has 146 valence electrons. The fourth-order valence-corrected chi connectivity index (χ4v) is 2.97. The van der Waals surface area contributed by atoms with Crippen LogP contribution >= 0.6 is 0 Å². The van der Waals surface area contributed by atoms with Crippen LogP contribution in [-0.2, 0) is 16.0 Å². The van der Waals surface area contributed by atoms with E-state index in [2.05, 4.69) is 5.32 Å². The molecule has 2 aromatic rings. The summed E-state index contributed by atoms with van der Waals surface area (Å²) in [6.07, 6.45) is 0.756. The molecule has 0 aromatic heterocycles. The van der Waals surface area contributed by atoms with Crippen LogP contribution in [0.25, 0.3) is 0 Å². The molecule has 3 rings (SSSR count). The first-order valence-electron chi connectivity index (χ1n) is 9.12. The number of nitrogens with one attached hydrogen (secondary N) is 1. The molecule has 1 fully saturated rings. The van der Waals surface area contributed by atoms with Crippen molar-refractivity contribution in [1.82, 2.24) is 4.90 Å². The standard InChI is InChI=1S/C21H22N2O5/c24-19(9-6-15-4-7-16(8-5-15)21(26)27)22-18-3-1-2-17(14-18)20(25)23-10-12-28-13-11-23/h1-5,7-8,14H,6,9-13H2,(H,22,24)(H,26,27). The number of carboxylic acid groups (broad SMARTS) is 1. The number of rotatable bonds is 6. The number of carbonyl (C=O) groups is 3. The molecule has 0 unspecified atom stereocenters. The molecule has 0 bridgehead atoms. The van der Waals surface area contributed by atoms with E-state index >= 15 is 0 Å². The van der Waals surface area contributed by atoms with Crippen LogP contribution < -0.4 is 5.32 Å². The zero-order chi connectivity index (χ0) is 19.9. The minimum Gasteiger partial charge on any atom is -0.478 e. The maximum absolute atomic E-state index is 12.5. The molecule has 0 atom stereocenters. The Bertz CT molecular complexity index is 857. The zero-order valence-corrected chi connectivity index (χ0v) is 15.4. The van der Waals surface area contributed by atoms with Gasteiger partial charge in [0.15, 0.2) is 0 Å². The molecular formula is C21H22N2O5. The van der Waals surface area contributed by atoms with Gasteiger partial charge in [0.05, 0.1) is 18.8 Å². The van der Waals surface area contributed by atoms with E-state index < -0.39 is 5.97 Å². The van der Waals surface area contributed by atoms with Crippen molar-refractivity contribution in [3.8, 4) is 0 Å². The fraction of sp³-hybridized carbons (Fsp3) is 0.286. The maximum atomic E-state index is 12.5.